The van der Waals surface area contributed by atoms with E-state index in [0.29, 0.717) is 5.92 Å². The number of ether oxygens (including phenoxy) is 1. The van der Waals surface area contributed by atoms with Gasteiger partial charge in [-0.15, -0.1) is 0 Å². The monoisotopic (exact) mass is 498 g/mol. The molecule has 0 radical (unpaired) electrons. The van der Waals surface area contributed by atoms with E-state index in [2.05, 4.69) is 66.0 Å². The molecule has 0 atom stereocenters. The third-order valence-corrected chi connectivity index (χ3v) is 8.11. The predicted octanol–water partition coefficient (Wildman–Crippen LogP) is 6.90. The summed E-state index contributed by atoms with van der Waals surface area (Å²) in [5.41, 5.74) is 8.58. The number of nitrogens with zero attached hydrogens (tertiary/aromatic N) is 1. The van der Waals surface area contributed by atoms with Crippen molar-refractivity contribution < 1.29 is 9.53 Å². The molecule has 0 bridgehead atoms. The Balaban J connectivity index is 0.000000162. The van der Waals surface area contributed by atoms with Gasteiger partial charge in [-0.3, -0.25) is 0 Å². The molecule has 2 heterocycles. The first-order chi connectivity index (χ1) is 17.9. The molecule has 4 aliphatic rings. The molecule has 0 spiro atoms. The molecule has 37 heavy (non-hydrogen) atoms. The van der Waals surface area contributed by atoms with Gasteiger partial charge in [-0.05, 0) is 118 Å². The number of carbonyl (C=O) groups is 1. The van der Waals surface area contributed by atoms with Crippen LogP contribution in [0.3, 0.4) is 0 Å². The summed E-state index contributed by atoms with van der Waals surface area (Å²) in [5, 5.41) is 3.43. The van der Waals surface area contributed by atoms with E-state index in [1.165, 1.54) is 53.8 Å². The first-order valence-corrected chi connectivity index (χ1v) is 14.1. The SMILES string of the molecule is C1=C(C2CCNCC2)c2ccccc2C1.CC(C)(C)OC(=O)N1CCC(C2=CCc3ccccc32)CC1. The van der Waals surface area contributed by atoms with Crippen LogP contribution in [-0.2, 0) is 17.6 Å². The normalized spacial score (nSPS) is 19.8. The Bertz CT molecular complexity index is 1160. The van der Waals surface area contributed by atoms with E-state index >= 15 is 0 Å². The average Bonchev–Trinajstić information content (AvgIpc) is 3.53. The lowest BCUT2D eigenvalue weighted by Gasteiger charge is -2.34. The molecule has 2 aliphatic carbocycles. The number of hydrogen-bond acceptors (Lipinski definition) is 3. The van der Waals surface area contributed by atoms with Crippen molar-refractivity contribution in [2.45, 2.75) is 64.9 Å². The van der Waals surface area contributed by atoms with E-state index in [-0.39, 0.29) is 6.09 Å². The molecule has 6 rings (SSSR count). The van der Waals surface area contributed by atoms with Gasteiger partial charge in [-0.1, -0.05) is 60.7 Å². The van der Waals surface area contributed by atoms with Gasteiger partial charge in [0.25, 0.3) is 0 Å². The zero-order valence-electron chi connectivity index (χ0n) is 22.8. The molecular weight excluding hydrogens is 456 g/mol. The number of allylic oxidation sites excluding steroid dienone is 4. The molecule has 0 unspecified atom stereocenters. The van der Waals surface area contributed by atoms with Crippen LogP contribution in [-0.4, -0.2) is 42.8 Å². The lowest BCUT2D eigenvalue weighted by atomic mass is 9.86. The molecule has 4 heteroatoms. The maximum Gasteiger partial charge on any atom is 0.410 e. The third kappa shape index (κ3) is 6.18. The fourth-order valence-electron chi connectivity index (χ4n) is 6.23. The van der Waals surface area contributed by atoms with Crippen LogP contribution in [0.4, 0.5) is 4.79 Å². The minimum atomic E-state index is -0.416. The highest BCUT2D eigenvalue weighted by Gasteiger charge is 2.30. The molecule has 2 saturated heterocycles. The maximum absolute atomic E-state index is 12.1. The molecule has 196 valence electrons. The van der Waals surface area contributed by atoms with Crippen molar-refractivity contribution in [1.82, 2.24) is 10.2 Å². The van der Waals surface area contributed by atoms with Crippen molar-refractivity contribution in [2.24, 2.45) is 11.8 Å². The van der Waals surface area contributed by atoms with Gasteiger partial charge in [0, 0.05) is 13.1 Å². The van der Waals surface area contributed by atoms with Gasteiger partial charge < -0.3 is 15.0 Å². The molecule has 2 fully saturated rings. The standard InChI is InChI=1S/C19H25NO2.C14H17N/c1-19(2,3)22-18(21)20-12-10-15(11-13-20)17-9-8-14-6-4-5-7-16(14)17;1-2-4-13-11(3-1)5-6-14(13)12-7-9-15-10-8-12/h4-7,9,15H,8,10-13H2,1-3H3;1-4,6,12,15H,5,7-10H2. The summed E-state index contributed by atoms with van der Waals surface area (Å²) in [5.74, 6) is 1.37. The fraction of sp³-hybridized carbons (Fsp3) is 0.485. The molecule has 1 N–H and O–H groups in total. The van der Waals surface area contributed by atoms with Crippen LogP contribution >= 0.6 is 0 Å². The minimum absolute atomic E-state index is 0.174. The van der Waals surface area contributed by atoms with Gasteiger partial charge in [0.2, 0.25) is 0 Å². The highest BCUT2D eigenvalue weighted by molar-refractivity contribution is 5.75. The number of likely N-dealkylation sites (tertiary alicyclic amines) is 1. The Labute approximate surface area is 222 Å². The molecule has 4 nitrogen and oxygen atoms in total. The zero-order valence-corrected chi connectivity index (χ0v) is 22.8. The second-order valence-electron chi connectivity index (χ2n) is 11.8. The van der Waals surface area contributed by atoms with Crippen molar-refractivity contribution >= 4 is 17.2 Å². The van der Waals surface area contributed by atoms with Crippen LogP contribution in [0.1, 0.15) is 68.7 Å². The second kappa shape index (κ2) is 11.3. The van der Waals surface area contributed by atoms with Crippen molar-refractivity contribution in [1.29, 1.82) is 0 Å². The highest BCUT2D eigenvalue weighted by atomic mass is 16.6. The summed E-state index contributed by atoms with van der Waals surface area (Å²) in [6.45, 7) is 9.69. The van der Waals surface area contributed by atoms with E-state index in [1.807, 2.05) is 25.7 Å². The summed E-state index contributed by atoms with van der Waals surface area (Å²) >= 11 is 0. The van der Waals surface area contributed by atoms with Gasteiger partial charge in [-0.25, -0.2) is 4.79 Å². The number of hydrogen-bond donors (Lipinski definition) is 1. The summed E-state index contributed by atoms with van der Waals surface area (Å²) in [6, 6.07) is 17.5. The number of nitrogens with one attached hydrogen (secondary N) is 1. The third-order valence-electron chi connectivity index (χ3n) is 8.11. The molecule has 2 aromatic rings. The van der Waals surface area contributed by atoms with Crippen LogP contribution in [0.2, 0.25) is 0 Å². The Kier molecular flexibility index (Phi) is 7.85. The van der Waals surface area contributed by atoms with Gasteiger partial charge in [0.15, 0.2) is 0 Å². The van der Waals surface area contributed by atoms with Gasteiger partial charge >= 0.3 is 6.09 Å². The van der Waals surface area contributed by atoms with Gasteiger partial charge in [-0.2, -0.15) is 0 Å². The van der Waals surface area contributed by atoms with Gasteiger partial charge in [0.1, 0.15) is 5.60 Å². The quantitative estimate of drug-likeness (QED) is 0.490. The fourth-order valence-corrected chi connectivity index (χ4v) is 6.23. The summed E-state index contributed by atoms with van der Waals surface area (Å²) < 4.78 is 5.47. The summed E-state index contributed by atoms with van der Waals surface area (Å²) in [6.07, 6.45) is 11.5. The number of piperidine rings is 2. The van der Waals surface area contributed by atoms with Crippen LogP contribution < -0.4 is 5.32 Å². The number of carbonyl (C=O) groups excluding carboxylic acids is 1. The summed E-state index contributed by atoms with van der Waals surface area (Å²) in [7, 11) is 0. The van der Waals surface area contributed by atoms with E-state index in [4.69, 9.17) is 4.74 Å². The van der Waals surface area contributed by atoms with E-state index in [9.17, 15) is 4.79 Å². The lowest BCUT2D eigenvalue weighted by Crippen LogP contribution is -2.41. The minimum Gasteiger partial charge on any atom is -0.444 e. The molecule has 1 amide bonds. The summed E-state index contributed by atoms with van der Waals surface area (Å²) in [4.78, 5) is 14.0. The zero-order chi connectivity index (χ0) is 25.8. The maximum atomic E-state index is 12.1. The first kappa shape index (κ1) is 25.8. The topological polar surface area (TPSA) is 41.6 Å². The largest absolute Gasteiger partial charge is 0.444 e. The predicted molar refractivity (Wildman–Crippen MR) is 152 cm³/mol. The Morgan fingerprint density at radius 3 is 1.78 bits per heavy atom. The van der Waals surface area contributed by atoms with E-state index in [1.54, 1.807) is 5.57 Å². The van der Waals surface area contributed by atoms with Crippen LogP contribution in [0.25, 0.3) is 11.1 Å². The lowest BCUT2D eigenvalue weighted by molar-refractivity contribution is 0.0200. The van der Waals surface area contributed by atoms with E-state index in [0.717, 1.165) is 44.7 Å². The number of fused-ring (bicyclic) bond motifs is 2. The van der Waals surface area contributed by atoms with Crippen LogP contribution in [0, 0.1) is 11.8 Å². The molecular formula is C33H42N2O2. The van der Waals surface area contributed by atoms with Crippen LogP contribution in [0.5, 0.6) is 0 Å². The van der Waals surface area contributed by atoms with Crippen molar-refractivity contribution in [3.8, 4) is 0 Å². The number of rotatable bonds is 2. The smallest absolute Gasteiger partial charge is 0.410 e. The first-order valence-electron chi connectivity index (χ1n) is 14.1. The Morgan fingerprint density at radius 1 is 0.784 bits per heavy atom. The second-order valence-corrected chi connectivity index (χ2v) is 11.8. The molecule has 2 aliphatic heterocycles. The Morgan fingerprint density at radius 2 is 1.27 bits per heavy atom. The molecule has 2 aromatic carbocycles. The van der Waals surface area contributed by atoms with E-state index < -0.39 is 5.60 Å². The number of amides is 1. The van der Waals surface area contributed by atoms with Crippen molar-refractivity contribution in [3.05, 3.63) is 82.9 Å². The highest BCUT2D eigenvalue weighted by Crippen LogP contribution is 2.38. The van der Waals surface area contributed by atoms with Crippen LogP contribution in [0.15, 0.2) is 60.7 Å². The Hall–Kier alpha value is -2.85. The van der Waals surface area contributed by atoms with Gasteiger partial charge in [0.05, 0.1) is 0 Å². The number of benzene rings is 2. The average molecular weight is 499 g/mol. The van der Waals surface area contributed by atoms with Crippen molar-refractivity contribution in [3.63, 3.8) is 0 Å². The molecule has 0 aromatic heterocycles. The molecule has 0 saturated carbocycles. The van der Waals surface area contributed by atoms with Crippen molar-refractivity contribution in [2.75, 3.05) is 26.2 Å².